The number of aliphatic hydroxyl groups is 1. The van der Waals surface area contributed by atoms with Gasteiger partial charge in [-0.05, 0) is 121 Å². The summed E-state index contributed by atoms with van der Waals surface area (Å²) >= 11 is 0. The Kier molecular flexibility index (Phi) is 26.5. The highest BCUT2D eigenvalue weighted by Crippen LogP contribution is 2.23. The predicted octanol–water partition coefficient (Wildman–Crippen LogP) is 5.48. The maximum Gasteiger partial charge on any atom is 0.408 e. The molecule has 5 N–H and O–H groups in total. The highest BCUT2D eigenvalue weighted by molar-refractivity contribution is 5.94. The van der Waals surface area contributed by atoms with E-state index in [0.29, 0.717) is 31.6 Å². The number of alkyl carbamates (subject to hydrolysis) is 1. The molecular weight excluding hydrogens is 965 g/mol. The minimum absolute atomic E-state index is 0.0238. The number of carbonyl (C=O) groups excluding carboxylic acids is 7. The molecule has 2 aromatic carbocycles. The number of likely N-dealkylation sites (N-methyl/N-ethyl adjacent to an activating group) is 1. The molecule has 9 atom stereocenters. The molecule has 2 aromatic rings. The van der Waals surface area contributed by atoms with Crippen LogP contribution in [0.1, 0.15) is 125 Å². The fourth-order valence-electron chi connectivity index (χ4n) is 8.60. The van der Waals surface area contributed by atoms with Gasteiger partial charge in [0.2, 0.25) is 23.6 Å². The molecule has 75 heavy (non-hydrogen) atoms. The number of benzene rings is 2. The number of amides is 5. The van der Waals surface area contributed by atoms with E-state index in [1.807, 2.05) is 63.2 Å². The number of ether oxygens (including phenoxy) is 5. The van der Waals surface area contributed by atoms with E-state index in [4.69, 9.17) is 23.7 Å². The first-order valence-corrected chi connectivity index (χ1v) is 26.5. The van der Waals surface area contributed by atoms with E-state index in [9.17, 15) is 38.7 Å². The second-order valence-electron chi connectivity index (χ2n) is 21.6. The molecule has 2 aliphatic heterocycles. The van der Waals surface area contributed by atoms with E-state index in [-0.39, 0.29) is 25.4 Å². The molecule has 2 fully saturated rings. The zero-order valence-corrected chi connectivity index (χ0v) is 46.8. The minimum Gasteiger partial charge on any atom is -0.497 e. The van der Waals surface area contributed by atoms with Crippen LogP contribution in [-0.2, 0) is 60.7 Å². The molecule has 0 spiro atoms. The summed E-state index contributed by atoms with van der Waals surface area (Å²) in [6, 6.07) is 10.2. The lowest BCUT2D eigenvalue weighted by molar-refractivity contribution is -0.156. The van der Waals surface area contributed by atoms with Crippen molar-refractivity contribution in [1.29, 1.82) is 0 Å². The van der Waals surface area contributed by atoms with E-state index < -0.39 is 114 Å². The first kappa shape index (κ1) is 63.5. The van der Waals surface area contributed by atoms with Crippen molar-refractivity contribution in [1.82, 2.24) is 31.1 Å². The smallest absolute Gasteiger partial charge is 0.408 e. The molecule has 2 saturated heterocycles. The third kappa shape index (κ3) is 21.8. The standard InChI is InChI=1S/C52H80N6O12.C4H8O/c1-14-33(6)44(55-47(62)45(56-51(66)70-52(8,9)10)34(7)69-50(65)40(57(11)12)28-35-22-24-37(67-13)25-23-35)41(59)29-42(60)54-43(32(4)5)46(61)53-38(27-31(2)3)48(63)58-26-18-21-39(58)49(64)68-30-36-19-16-15-17-20-36;1-2-4-5-3-1/h15-17,19-20,22-25,31-34,38-41,43-45,59H,14,18,21,26-30H2,1-13H3,(H,53,61)(H,54,60)(H,55,62)(H,56,66);1-4H2/t33-,34+,38-,39-,40-,41-,43-,44+,45-;/m0./s1. The topological polar surface area (TPSA) is 240 Å². The van der Waals surface area contributed by atoms with E-state index in [0.717, 1.165) is 24.3 Å². The van der Waals surface area contributed by atoms with E-state index in [2.05, 4.69) is 21.3 Å². The zero-order chi connectivity index (χ0) is 56.0. The maximum atomic E-state index is 14.3. The van der Waals surface area contributed by atoms with Gasteiger partial charge in [-0.3, -0.25) is 28.9 Å². The molecule has 5 amide bonds. The number of aliphatic hydroxyl groups excluding tert-OH is 1. The van der Waals surface area contributed by atoms with Crippen LogP contribution in [0.3, 0.4) is 0 Å². The Morgan fingerprint density at radius 2 is 1.44 bits per heavy atom. The van der Waals surface area contributed by atoms with Gasteiger partial charge in [0, 0.05) is 19.8 Å². The SMILES string of the molecule is C1CCOC1.CC[C@H](C)[C@@H](NC(=O)[C@@H](NC(=O)OC(C)(C)C)[C@@H](C)OC(=O)[C@H](Cc1ccc(OC)cc1)N(C)C)[C@@H](O)CC(=O)N[C@H](C(=O)N[C@@H](CC(C)C)C(=O)N1CCC[C@H]1C(=O)OCc1ccccc1)C(C)C. The van der Waals surface area contributed by atoms with Crippen LogP contribution in [0.5, 0.6) is 5.75 Å². The van der Waals surface area contributed by atoms with Crippen LogP contribution >= 0.6 is 0 Å². The lowest BCUT2D eigenvalue weighted by atomic mass is 9.91. The predicted molar refractivity (Wildman–Crippen MR) is 284 cm³/mol. The maximum absolute atomic E-state index is 14.3. The molecule has 0 aromatic heterocycles. The van der Waals surface area contributed by atoms with Crippen LogP contribution < -0.4 is 26.0 Å². The summed E-state index contributed by atoms with van der Waals surface area (Å²) in [7, 11) is 5.00. The van der Waals surface area contributed by atoms with Crippen LogP contribution in [0.4, 0.5) is 4.79 Å². The van der Waals surface area contributed by atoms with Gasteiger partial charge >= 0.3 is 18.0 Å². The van der Waals surface area contributed by atoms with Crippen molar-refractivity contribution >= 4 is 41.7 Å². The number of hydrogen-bond donors (Lipinski definition) is 5. The van der Waals surface area contributed by atoms with Crippen molar-refractivity contribution in [3.8, 4) is 5.75 Å². The summed E-state index contributed by atoms with van der Waals surface area (Å²) < 4.78 is 27.1. The lowest BCUT2D eigenvalue weighted by Crippen LogP contribution is -2.60. The molecular formula is C56H88N6O13. The van der Waals surface area contributed by atoms with Crippen molar-refractivity contribution in [2.75, 3.05) is 41.0 Å². The Bertz CT molecular complexity index is 2100. The average Bonchev–Trinajstić information content (AvgIpc) is 4.11. The monoisotopic (exact) mass is 1050 g/mol. The molecule has 0 saturated carbocycles. The summed E-state index contributed by atoms with van der Waals surface area (Å²) in [6.07, 6.45) is 0.345. The van der Waals surface area contributed by atoms with Gasteiger partial charge in [-0.15, -0.1) is 0 Å². The first-order valence-electron chi connectivity index (χ1n) is 26.5. The van der Waals surface area contributed by atoms with Crippen LogP contribution in [0.2, 0.25) is 0 Å². The Morgan fingerprint density at radius 1 is 0.813 bits per heavy atom. The third-order valence-corrected chi connectivity index (χ3v) is 13.0. The summed E-state index contributed by atoms with van der Waals surface area (Å²) in [4.78, 5) is 99.4. The second-order valence-corrected chi connectivity index (χ2v) is 21.6. The number of esters is 2. The molecule has 19 nitrogen and oxygen atoms in total. The first-order chi connectivity index (χ1) is 35.3. The van der Waals surface area contributed by atoms with Crippen LogP contribution in [0, 0.1) is 17.8 Å². The zero-order valence-electron chi connectivity index (χ0n) is 46.8. The molecule has 0 radical (unpaired) electrons. The largest absolute Gasteiger partial charge is 0.497 e. The molecule has 0 bridgehead atoms. The van der Waals surface area contributed by atoms with Crippen LogP contribution in [-0.4, -0.2) is 152 Å². The normalized spacial score (nSPS) is 17.7. The quantitative estimate of drug-likeness (QED) is 0.0612. The van der Waals surface area contributed by atoms with Gasteiger partial charge in [-0.25, -0.2) is 9.59 Å². The second kappa shape index (κ2) is 31.3. The molecule has 0 aliphatic carbocycles. The Hall–Kier alpha value is -5.79. The van der Waals surface area contributed by atoms with Gasteiger partial charge in [0.1, 0.15) is 54.3 Å². The average molecular weight is 1050 g/mol. The number of carbonyl (C=O) groups is 7. The van der Waals surface area contributed by atoms with Crippen molar-refractivity contribution in [3.63, 3.8) is 0 Å². The number of rotatable bonds is 25. The summed E-state index contributed by atoms with van der Waals surface area (Å²) in [5.74, 6) is -3.97. The van der Waals surface area contributed by atoms with Gasteiger partial charge in [0.15, 0.2) is 0 Å². The van der Waals surface area contributed by atoms with Gasteiger partial charge < -0.3 is 55.0 Å². The molecule has 420 valence electrons. The van der Waals surface area contributed by atoms with Crippen LogP contribution in [0.15, 0.2) is 54.6 Å². The number of nitrogens with zero attached hydrogens (tertiary/aromatic N) is 2. The number of hydrogen-bond acceptors (Lipinski definition) is 14. The van der Waals surface area contributed by atoms with Crippen molar-refractivity contribution in [3.05, 3.63) is 65.7 Å². The van der Waals surface area contributed by atoms with E-state index in [1.165, 1.54) is 24.7 Å². The number of nitrogens with one attached hydrogen (secondary N) is 4. The lowest BCUT2D eigenvalue weighted by Gasteiger charge is -2.33. The fraction of sp³-hybridized carbons (Fsp3) is 0.661. The highest BCUT2D eigenvalue weighted by Gasteiger charge is 2.41. The number of likely N-dealkylation sites (tertiary alicyclic amines) is 1. The van der Waals surface area contributed by atoms with Crippen molar-refractivity contribution < 1.29 is 62.4 Å². The molecule has 19 heteroatoms. The Balaban J connectivity index is 0.00000279. The molecule has 0 unspecified atom stereocenters. The van der Waals surface area contributed by atoms with E-state index >= 15 is 0 Å². The van der Waals surface area contributed by atoms with Crippen molar-refractivity contribution in [2.45, 2.75) is 181 Å². The minimum atomic E-state index is -1.50. The van der Waals surface area contributed by atoms with Gasteiger partial charge in [-0.1, -0.05) is 90.4 Å². The van der Waals surface area contributed by atoms with E-state index in [1.54, 1.807) is 79.8 Å². The Labute approximate surface area is 445 Å². The Morgan fingerprint density at radius 3 is 1.97 bits per heavy atom. The third-order valence-electron chi connectivity index (χ3n) is 13.0. The molecule has 2 heterocycles. The molecule has 4 rings (SSSR count). The summed E-state index contributed by atoms with van der Waals surface area (Å²) in [5, 5.41) is 22.6. The van der Waals surface area contributed by atoms with Crippen LogP contribution in [0.25, 0.3) is 0 Å². The number of methoxy groups -OCH3 is 1. The van der Waals surface area contributed by atoms with Gasteiger partial charge in [-0.2, -0.15) is 0 Å². The van der Waals surface area contributed by atoms with Gasteiger partial charge in [0.05, 0.1) is 25.7 Å². The summed E-state index contributed by atoms with van der Waals surface area (Å²) in [6.45, 7) is 19.7. The fourth-order valence-corrected chi connectivity index (χ4v) is 8.60. The summed E-state index contributed by atoms with van der Waals surface area (Å²) in [5.41, 5.74) is 0.706. The van der Waals surface area contributed by atoms with Crippen molar-refractivity contribution in [2.24, 2.45) is 17.8 Å². The highest BCUT2D eigenvalue weighted by atomic mass is 16.6. The molecule has 2 aliphatic rings. The van der Waals surface area contributed by atoms with Gasteiger partial charge in [0.25, 0.3) is 0 Å².